The molecule has 0 bridgehead atoms. The maximum absolute atomic E-state index is 5.49. The number of benzene rings is 1. The summed E-state index contributed by atoms with van der Waals surface area (Å²) < 4.78 is 5.49. The fourth-order valence-corrected chi connectivity index (χ4v) is 2.99. The minimum Gasteiger partial charge on any atom is -0.490 e. The lowest BCUT2D eigenvalue weighted by Gasteiger charge is -2.35. The first kappa shape index (κ1) is 15.1. The van der Waals surface area contributed by atoms with Crippen LogP contribution in [0.2, 0.25) is 0 Å². The molecule has 110 valence electrons. The summed E-state index contributed by atoms with van der Waals surface area (Å²) in [4.78, 5) is 0. The molecule has 0 amide bonds. The molecule has 0 radical (unpaired) electrons. The quantitative estimate of drug-likeness (QED) is 0.780. The third-order valence-electron chi connectivity index (χ3n) is 4.09. The Hall–Kier alpha value is -1.28. The van der Waals surface area contributed by atoms with E-state index in [9.17, 15) is 0 Å². The number of ether oxygens (including phenoxy) is 1. The van der Waals surface area contributed by atoms with E-state index in [1.54, 1.807) is 6.08 Å². The Bertz CT molecular complexity index is 422. The van der Waals surface area contributed by atoms with Crippen LogP contribution in [0.1, 0.15) is 45.1 Å². The summed E-state index contributed by atoms with van der Waals surface area (Å²) in [6, 6.07) is 9.01. The first-order valence-electron chi connectivity index (χ1n) is 7.65. The van der Waals surface area contributed by atoms with E-state index in [1.165, 1.54) is 31.2 Å². The third-order valence-corrected chi connectivity index (χ3v) is 4.09. The van der Waals surface area contributed by atoms with Gasteiger partial charge in [0.15, 0.2) is 0 Å². The van der Waals surface area contributed by atoms with Crippen LogP contribution in [0.5, 0.6) is 5.75 Å². The molecule has 0 saturated heterocycles. The lowest BCUT2D eigenvalue weighted by molar-refractivity contribution is 0.198. The van der Waals surface area contributed by atoms with Gasteiger partial charge in [-0.2, -0.15) is 0 Å². The van der Waals surface area contributed by atoms with Crippen LogP contribution in [0.3, 0.4) is 0 Å². The molecule has 1 aromatic carbocycles. The molecule has 0 spiro atoms. The van der Waals surface area contributed by atoms with Gasteiger partial charge in [0.2, 0.25) is 0 Å². The Labute approximate surface area is 123 Å². The van der Waals surface area contributed by atoms with E-state index >= 15 is 0 Å². The van der Waals surface area contributed by atoms with Crippen molar-refractivity contribution >= 4 is 0 Å². The molecule has 20 heavy (non-hydrogen) atoms. The molecule has 0 aromatic heterocycles. The van der Waals surface area contributed by atoms with Crippen LogP contribution < -0.4 is 10.1 Å². The summed E-state index contributed by atoms with van der Waals surface area (Å²) >= 11 is 0. The molecule has 1 atom stereocenters. The normalized spacial score (nSPS) is 21.4. The van der Waals surface area contributed by atoms with Crippen molar-refractivity contribution in [1.29, 1.82) is 0 Å². The second-order valence-corrected chi connectivity index (χ2v) is 6.58. The van der Waals surface area contributed by atoms with Crippen molar-refractivity contribution < 1.29 is 4.74 Å². The Morgan fingerprint density at radius 3 is 2.75 bits per heavy atom. The average Bonchev–Trinajstić information content (AvgIpc) is 2.43. The number of rotatable bonds is 6. The van der Waals surface area contributed by atoms with Crippen molar-refractivity contribution in [2.24, 2.45) is 5.41 Å². The van der Waals surface area contributed by atoms with Gasteiger partial charge >= 0.3 is 0 Å². The molecule has 0 aliphatic heterocycles. The molecule has 1 N–H and O–H groups in total. The molecular weight excluding hydrogens is 246 g/mol. The van der Waals surface area contributed by atoms with Crippen LogP contribution in [0.25, 0.3) is 0 Å². The molecule has 2 nitrogen and oxygen atoms in total. The van der Waals surface area contributed by atoms with Crippen LogP contribution >= 0.6 is 0 Å². The van der Waals surface area contributed by atoms with Crippen LogP contribution in [-0.2, 0) is 6.54 Å². The minimum atomic E-state index is 0.498. The highest BCUT2D eigenvalue weighted by molar-refractivity contribution is 5.27. The largest absolute Gasteiger partial charge is 0.490 e. The molecular formula is C18H27NO. The Kier molecular flexibility index (Phi) is 5.24. The highest BCUT2D eigenvalue weighted by Crippen LogP contribution is 2.35. The molecule has 1 aromatic rings. The molecule has 1 aliphatic rings. The molecule has 1 saturated carbocycles. The number of hydrogen-bond donors (Lipinski definition) is 1. The second kappa shape index (κ2) is 6.94. The van der Waals surface area contributed by atoms with Crippen molar-refractivity contribution in [3.63, 3.8) is 0 Å². The zero-order valence-electron chi connectivity index (χ0n) is 12.8. The minimum absolute atomic E-state index is 0.498. The predicted octanol–water partition coefficient (Wildman–Crippen LogP) is 4.31. The third kappa shape index (κ3) is 4.68. The van der Waals surface area contributed by atoms with Gasteiger partial charge in [0.25, 0.3) is 0 Å². The maximum Gasteiger partial charge on any atom is 0.119 e. The molecule has 2 rings (SSSR count). The highest BCUT2D eigenvalue weighted by Gasteiger charge is 2.27. The lowest BCUT2D eigenvalue weighted by Crippen LogP contribution is -2.36. The van der Waals surface area contributed by atoms with E-state index in [0.29, 0.717) is 18.1 Å². The van der Waals surface area contributed by atoms with E-state index in [2.05, 4.69) is 37.9 Å². The zero-order valence-corrected chi connectivity index (χ0v) is 12.8. The van der Waals surface area contributed by atoms with Gasteiger partial charge in [-0.05, 0) is 42.4 Å². The summed E-state index contributed by atoms with van der Waals surface area (Å²) in [5, 5.41) is 3.70. The van der Waals surface area contributed by atoms with Gasteiger partial charge in [-0.25, -0.2) is 0 Å². The van der Waals surface area contributed by atoms with Gasteiger partial charge in [-0.1, -0.05) is 45.1 Å². The van der Waals surface area contributed by atoms with E-state index in [0.717, 1.165) is 12.3 Å². The molecule has 1 unspecified atom stereocenters. The van der Waals surface area contributed by atoms with Crippen LogP contribution in [0.15, 0.2) is 36.9 Å². The van der Waals surface area contributed by atoms with E-state index in [1.807, 2.05) is 12.1 Å². The topological polar surface area (TPSA) is 21.3 Å². The fraction of sp³-hybridized carbons (Fsp3) is 0.556. The van der Waals surface area contributed by atoms with Gasteiger partial charge in [0, 0.05) is 12.6 Å². The van der Waals surface area contributed by atoms with Crippen LogP contribution in [0.4, 0.5) is 0 Å². The Morgan fingerprint density at radius 1 is 1.35 bits per heavy atom. The van der Waals surface area contributed by atoms with Gasteiger partial charge in [0.05, 0.1) is 0 Å². The van der Waals surface area contributed by atoms with Crippen molar-refractivity contribution in [3.8, 4) is 5.75 Å². The Morgan fingerprint density at radius 2 is 2.10 bits per heavy atom. The van der Waals surface area contributed by atoms with E-state index < -0.39 is 0 Å². The maximum atomic E-state index is 5.49. The van der Waals surface area contributed by atoms with Gasteiger partial charge < -0.3 is 10.1 Å². The summed E-state index contributed by atoms with van der Waals surface area (Å²) in [5.41, 5.74) is 1.82. The first-order valence-corrected chi connectivity index (χ1v) is 7.65. The van der Waals surface area contributed by atoms with Gasteiger partial charge in [-0.15, -0.1) is 0 Å². The average molecular weight is 273 g/mol. The second-order valence-electron chi connectivity index (χ2n) is 6.58. The summed E-state index contributed by atoms with van der Waals surface area (Å²) in [6.07, 6.45) is 7.07. The predicted molar refractivity (Wildman–Crippen MR) is 85.0 cm³/mol. The van der Waals surface area contributed by atoms with Crippen molar-refractivity contribution in [3.05, 3.63) is 42.5 Å². The SMILES string of the molecule is C=CCOc1ccc(CNC2CCCC(C)(C)C2)cc1. The zero-order chi connectivity index (χ0) is 14.4. The smallest absolute Gasteiger partial charge is 0.119 e. The summed E-state index contributed by atoms with van der Waals surface area (Å²) in [6.45, 7) is 9.93. The van der Waals surface area contributed by atoms with Gasteiger partial charge in [0.1, 0.15) is 12.4 Å². The molecule has 0 heterocycles. The monoisotopic (exact) mass is 273 g/mol. The molecule has 1 aliphatic carbocycles. The Balaban J connectivity index is 1.80. The number of nitrogens with one attached hydrogen (secondary N) is 1. The fourth-order valence-electron chi connectivity index (χ4n) is 2.99. The highest BCUT2D eigenvalue weighted by atomic mass is 16.5. The number of hydrogen-bond acceptors (Lipinski definition) is 2. The lowest BCUT2D eigenvalue weighted by atomic mass is 9.75. The first-order chi connectivity index (χ1) is 9.59. The summed E-state index contributed by atoms with van der Waals surface area (Å²) in [7, 11) is 0. The standard InChI is InChI=1S/C18H27NO/c1-4-12-20-17-9-7-15(8-10-17)14-19-16-6-5-11-18(2,3)13-16/h4,7-10,16,19H,1,5-6,11-14H2,2-3H3. The van der Waals surface area contributed by atoms with Gasteiger partial charge in [-0.3, -0.25) is 0 Å². The van der Waals surface area contributed by atoms with Crippen molar-refractivity contribution in [1.82, 2.24) is 5.32 Å². The van der Waals surface area contributed by atoms with E-state index in [-0.39, 0.29) is 0 Å². The van der Waals surface area contributed by atoms with Crippen molar-refractivity contribution in [2.45, 2.75) is 52.1 Å². The van der Waals surface area contributed by atoms with Crippen LogP contribution in [0, 0.1) is 5.41 Å². The van der Waals surface area contributed by atoms with Crippen molar-refractivity contribution in [2.75, 3.05) is 6.61 Å². The molecule has 1 fully saturated rings. The summed E-state index contributed by atoms with van der Waals surface area (Å²) in [5.74, 6) is 0.910. The molecule has 2 heteroatoms. The van der Waals surface area contributed by atoms with E-state index in [4.69, 9.17) is 4.74 Å². The van der Waals surface area contributed by atoms with Crippen LogP contribution in [-0.4, -0.2) is 12.6 Å².